The minimum absolute atomic E-state index is 0.00672. The molecule has 0 unspecified atom stereocenters. The summed E-state index contributed by atoms with van der Waals surface area (Å²) < 4.78 is 27.8. The van der Waals surface area contributed by atoms with Gasteiger partial charge in [0, 0.05) is 30.7 Å². The number of hydrogen-bond acceptors (Lipinski definition) is 4. The van der Waals surface area contributed by atoms with Gasteiger partial charge in [0.25, 0.3) is 0 Å². The molecule has 0 atom stereocenters. The minimum atomic E-state index is -3.62. The summed E-state index contributed by atoms with van der Waals surface area (Å²) in [6, 6.07) is 15.4. The first-order chi connectivity index (χ1) is 12.9. The largest absolute Gasteiger partial charge is 0.340 e. The molecule has 0 spiro atoms. The van der Waals surface area contributed by atoms with E-state index in [0.717, 1.165) is 10.0 Å². The quantitative estimate of drug-likeness (QED) is 0.720. The van der Waals surface area contributed by atoms with Crippen LogP contribution < -0.4 is 0 Å². The molecular formula is C19H18BrN3O3S. The van der Waals surface area contributed by atoms with Gasteiger partial charge >= 0.3 is 0 Å². The smallest absolute Gasteiger partial charge is 0.243 e. The number of amides is 1. The Labute approximate surface area is 167 Å². The maximum atomic E-state index is 12.7. The van der Waals surface area contributed by atoms with Crippen LogP contribution in [0.4, 0.5) is 0 Å². The van der Waals surface area contributed by atoms with Gasteiger partial charge in [0.15, 0.2) is 0 Å². The number of nitriles is 1. The van der Waals surface area contributed by atoms with Crippen molar-refractivity contribution < 1.29 is 13.2 Å². The van der Waals surface area contributed by atoms with E-state index < -0.39 is 10.0 Å². The first kappa shape index (κ1) is 19.5. The van der Waals surface area contributed by atoms with Crippen molar-refractivity contribution in [2.45, 2.75) is 11.3 Å². The summed E-state index contributed by atoms with van der Waals surface area (Å²) in [7, 11) is -3.62. The summed E-state index contributed by atoms with van der Waals surface area (Å²) >= 11 is 3.37. The highest BCUT2D eigenvalue weighted by molar-refractivity contribution is 9.10. The van der Waals surface area contributed by atoms with Gasteiger partial charge in [-0.15, -0.1) is 0 Å². The third-order valence-corrected chi connectivity index (χ3v) is 6.92. The Hall–Kier alpha value is -2.21. The van der Waals surface area contributed by atoms with Crippen molar-refractivity contribution in [3.63, 3.8) is 0 Å². The molecule has 0 N–H and O–H groups in total. The molecule has 2 aromatic carbocycles. The maximum Gasteiger partial charge on any atom is 0.243 e. The predicted molar refractivity (Wildman–Crippen MR) is 104 cm³/mol. The average molecular weight is 448 g/mol. The fourth-order valence-corrected chi connectivity index (χ4v) is 4.60. The highest BCUT2D eigenvalue weighted by Crippen LogP contribution is 2.19. The second kappa shape index (κ2) is 8.21. The van der Waals surface area contributed by atoms with Crippen molar-refractivity contribution in [1.82, 2.24) is 9.21 Å². The monoisotopic (exact) mass is 447 g/mol. The van der Waals surface area contributed by atoms with Crippen LogP contribution in [0.15, 0.2) is 57.9 Å². The lowest BCUT2D eigenvalue weighted by atomic mass is 10.1. The average Bonchev–Trinajstić information content (AvgIpc) is 2.70. The Bertz CT molecular complexity index is 959. The SMILES string of the molecule is N#Cc1ccc(S(=O)(=O)N2CCN(C(=O)Cc3ccc(Br)cc3)CC2)cc1. The van der Waals surface area contributed by atoms with Gasteiger partial charge in [-0.1, -0.05) is 28.1 Å². The molecule has 1 fully saturated rings. The van der Waals surface area contributed by atoms with Crippen LogP contribution in [0.25, 0.3) is 0 Å². The lowest BCUT2D eigenvalue weighted by Crippen LogP contribution is -2.50. The summed E-state index contributed by atoms with van der Waals surface area (Å²) in [6.07, 6.45) is 0.301. The highest BCUT2D eigenvalue weighted by atomic mass is 79.9. The van der Waals surface area contributed by atoms with Gasteiger partial charge in [-0.05, 0) is 42.0 Å². The van der Waals surface area contributed by atoms with Gasteiger partial charge in [-0.25, -0.2) is 8.42 Å². The van der Waals surface area contributed by atoms with Gasteiger partial charge in [0.1, 0.15) is 0 Å². The van der Waals surface area contributed by atoms with Gasteiger partial charge in [0.05, 0.1) is 22.9 Å². The number of rotatable bonds is 4. The number of carbonyl (C=O) groups excluding carboxylic acids is 1. The molecule has 1 amide bonds. The van der Waals surface area contributed by atoms with Gasteiger partial charge in [-0.3, -0.25) is 4.79 Å². The fourth-order valence-electron chi connectivity index (χ4n) is 2.92. The summed E-state index contributed by atoms with van der Waals surface area (Å²) in [5.74, 6) is -0.00672. The third-order valence-electron chi connectivity index (χ3n) is 4.48. The normalized spacial score (nSPS) is 15.3. The molecule has 8 heteroatoms. The zero-order valence-electron chi connectivity index (χ0n) is 14.5. The van der Waals surface area contributed by atoms with Crippen molar-refractivity contribution in [3.8, 4) is 6.07 Å². The van der Waals surface area contributed by atoms with E-state index in [4.69, 9.17) is 5.26 Å². The Kier molecular flexibility index (Phi) is 5.95. The van der Waals surface area contributed by atoms with E-state index in [2.05, 4.69) is 15.9 Å². The highest BCUT2D eigenvalue weighted by Gasteiger charge is 2.30. The van der Waals surface area contributed by atoms with E-state index in [1.54, 1.807) is 4.90 Å². The number of benzene rings is 2. The zero-order valence-corrected chi connectivity index (χ0v) is 16.9. The van der Waals surface area contributed by atoms with Crippen LogP contribution in [0.2, 0.25) is 0 Å². The predicted octanol–water partition coefficient (Wildman–Crippen LogP) is 2.40. The summed E-state index contributed by atoms with van der Waals surface area (Å²) in [5, 5.41) is 8.83. The van der Waals surface area contributed by atoms with E-state index in [0.29, 0.717) is 25.1 Å². The molecule has 140 valence electrons. The van der Waals surface area contributed by atoms with E-state index >= 15 is 0 Å². The van der Waals surface area contributed by atoms with E-state index in [-0.39, 0.29) is 23.9 Å². The molecule has 27 heavy (non-hydrogen) atoms. The maximum absolute atomic E-state index is 12.7. The molecular weight excluding hydrogens is 430 g/mol. The minimum Gasteiger partial charge on any atom is -0.340 e. The number of halogens is 1. The molecule has 1 saturated heterocycles. The summed E-state index contributed by atoms with van der Waals surface area (Å²) in [4.78, 5) is 14.3. The van der Waals surface area contributed by atoms with E-state index in [1.165, 1.54) is 28.6 Å². The topological polar surface area (TPSA) is 81.5 Å². The van der Waals surface area contributed by atoms with Gasteiger partial charge in [0.2, 0.25) is 15.9 Å². The third kappa shape index (κ3) is 4.56. The van der Waals surface area contributed by atoms with Crippen LogP contribution in [0, 0.1) is 11.3 Å². The standard InChI is InChI=1S/C19H18BrN3O3S/c20-17-5-1-15(2-6-17)13-19(24)22-9-11-23(12-10-22)27(25,26)18-7-3-16(14-21)4-8-18/h1-8H,9-13H2. The lowest BCUT2D eigenvalue weighted by molar-refractivity contribution is -0.131. The second-order valence-electron chi connectivity index (χ2n) is 6.22. The van der Waals surface area contributed by atoms with Gasteiger partial charge in [-0.2, -0.15) is 9.57 Å². The fraction of sp³-hybridized carbons (Fsp3) is 0.263. The van der Waals surface area contributed by atoms with Crippen molar-refractivity contribution in [2.24, 2.45) is 0 Å². The molecule has 1 aliphatic rings. The van der Waals surface area contributed by atoms with Crippen molar-refractivity contribution >= 4 is 31.9 Å². The zero-order chi connectivity index (χ0) is 19.4. The number of sulfonamides is 1. The van der Waals surface area contributed by atoms with Crippen molar-refractivity contribution in [2.75, 3.05) is 26.2 Å². The van der Waals surface area contributed by atoms with Crippen LogP contribution >= 0.6 is 15.9 Å². The number of piperazine rings is 1. The Morgan fingerprint density at radius 3 is 2.15 bits per heavy atom. The summed E-state index contributed by atoms with van der Waals surface area (Å²) in [6.45, 7) is 1.25. The first-order valence-electron chi connectivity index (χ1n) is 8.43. The van der Waals surface area contributed by atoms with Crippen molar-refractivity contribution in [1.29, 1.82) is 5.26 Å². The van der Waals surface area contributed by atoms with Crippen LogP contribution in [0.5, 0.6) is 0 Å². The van der Waals surface area contributed by atoms with Crippen LogP contribution in [-0.2, 0) is 21.2 Å². The van der Waals surface area contributed by atoms with Gasteiger partial charge < -0.3 is 4.90 Å². The first-order valence-corrected chi connectivity index (χ1v) is 10.7. The second-order valence-corrected chi connectivity index (χ2v) is 9.08. The molecule has 0 aromatic heterocycles. The Morgan fingerprint density at radius 1 is 1.00 bits per heavy atom. The molecule has 0 bridgehead atoms. The number of hydrogen-bond donors (Lipinski definition) is 0. The van der Waals surface area contributed by atoms with Crippen LogP contribution in [0.1, 0.15) is 11.1 Å². The molecule has 1 aliphatic heterocycles. The molecule has 6 nitrogen and oxygen atoms in total. The van der Waals surface area contributed by atoms with Crippen molar-refractivity contribution in [3.05, 3.63) is 64.1 Å². The Balaban J connectivity index is 1.61. The summed E-state index contributed by atoms with van der Waals surface area (Å²) in [5.41, 5.74) is 1.34. The molecule has 0 aliphatic carbocycles. The number of nitrogens with zero attached hydrogens (tertiary/aromatic N) is 3. The van der Waals surface area contributed by atoms with Crippen LogP contribution in [0.3, 0.4) is 0 Å². The molecule has 0 radical (unpaired) electrons. The van der Waals surface area contributed by atoms with E-state index in [9.17, 15) is 13.2 Å². The molecule has 0 saturated carbocycles. The van der Waals surface area contributed by atoms with E-state index in [1.807, 2.05) is 30.3 Å². The van der Waals surface area contributed by atoms with Crippen LogP contribution in [-0.4, -0.2) is 49.7 Å². The molecule has 3 rings (SSSR count). The Morgan fingerprint density at radius 2 is 1.59 bits per heavy atom. The molecule has 1 heterocycles. The molecule has 2 aromatic rings. The number of carbonyl (C=O) groups is 1. The lowest BCUT2D eigenvalue weighted by Gasteiger charge is -2.34.